The Morgan fingerprint density at radius 1 is 1.25 bits per heavy atom. The van der Waals surface area contributed by atoms with Gasteiger partial charge in [-0.1, -0.05) is 41.9 Å². The van der Waals surface area contributed by atoms with Gasteiger partial charge in [0.1, 0.15) is 6.04 Å². The number of amides is 1. The van der Waals surface area contributed by atoms with Crippen molar-refractivity contribution in [3.63, 3.8) is 0 Å². The number of likely N-dealkylation sites (N-methyl/N-ethyl adjacent to an activating group) is 1. The van der Waals surface area contributed by atoms with Gasteiger partial charge in [-0.2, -0.15) is 0 Å². The number of aryl methyl sites for hydroxylation is 1. The standard InChI is InChI=1S/C20H23ClN2O/c1-14-17(21)10-6-11-18(14)22-20(24)13-23(2)19-12-5-8-15-7-3-4-9-16(15)19/h3-4,6-7,9-11,19H,5,8,12-13H2,1-2H3,(H,22,24)/p+1/t19-/m0/s1. The van der Waals surface area contributed by atoms with Crippen LogP contribution < -0.4 is 10.2 Å². The van der Waals surface area contributed by atoms with Crippen molar-refractivity contribution in [3.8, 4) is 0 Å². The molecule has 0 heterocycles. The van der Waals surface area contributed by atoms with Gasteiger partial charge in [-0.25, -0.2) is 0 Å². The molecule has 1 unspecified atom stereocenters. The van der Waals surface area contributed by atoms with Crippen LogP contribution in [-0.4, -0.2) is 19.5 Å². The van der Waals surface area contributed by atoms with Crippen molar-refractivity contribution in [2.45, 2.75) is 32.2 Å². The monoisotopic (exact) mass is 343 g/mol. The Hall–Kier alpha value is -1.84. The second-order valence-electron chi connectivity index (χ2n) is 6.63. The van der Waals surface area contributed by atoms with E-state index in [4.69, 9.17) is 11.6 Å². The van der Waals surface area contributed by atoms with Gasteiger partial charge >= 0.3 is 0 Å². The smallest absolute Gasteiger partial charge is 0.279 e. The SMILES string of the molecule is Cc1c(Cl)cccc1NC(=O)C[NH+](C)[C@H]1CCCc2ccccc21. The molecule has 1 aliphatic rings. The van der Waals surface area contributed by atoms with E-state index in [1.807, 2.05) is 25.1 Å². The summed E-state index contributed by atoms with van der Waals surface area (Å²) in [6.45, 7) is 2.37. The third-order valence-electron chi connectivity index (χ3n) is 4.95. The van der Waals surface area contributed by atoms with Crippen molar-refractivity contribution in [3.05, 3.63) is 64.2 Å². The molecule has 1 amide bonds. The van der Waals surface area contributed by atoms with Crippen molar-refractivity contribution >= 4 is 23.2 Å². The Morgan fingerprint density at radius 2 is 2.04 bits per heavy atom. The second-order valence-corrected chi connectivity index (χ2v) is 7.03. The summed E-state index contributed by atoms with van der Waals surface area (Å²) < 4.78 is 0. The summed E-state index contributed by atoms with van der Waals surface area (Å²) in [6.07, 6.45) is 3.47. The maximum Gasteiger partial charge on any atom is 0.279 e. The Kier molecular flexibility index (Phi) is 5.22. The first-order valence-electron chi connectivity index (χ1n) is 8.51. The number of hydrogen-bond acceptors (Lipinski definition) is 1. The molecular weight excluding hydrogens is 320 g/mol. The lowest BCUT2D eigenvalue weighted by Crippen LogP contribution is -3.10. The molecule has 0 saturated carbocycles. The van der Waals surface area contributed by atoms with E-state index in [2.05, 4.69) is 36.6 Å². The summed E-state index contributed by atoms with van der Waals surface area (Å²) in [5.74, 6) is 0.0286. The number of nitrogens with one attached hydrogen (secondary N) is 2. The molecule has 0 aromatic heterocycles. The molecule has 126 valence electrons. The van der Waals surface area contributed by atoms with Crippen LogP contribution in [0.3, 0.4) is 0 Å². The first-order chi connectivity index (χ1) is 11.6. The number of carbonyl (C=O) groups excluding carboxylic acids is 1. The average molecular weight is 344 g/mol. The lowest BCUT2D eigenvalue weighted by atomic mass is 9.87. The van der Waals surface area contributed by atoms with Crippen molar-refractivity contribution in [2.24, 2.45) is 0 Å². The third kappa shape index (κ3) is 3.63. The fraction of sp³-hybridized carbons (Fsp3) is 0.350. The van der Waals surface area contributed by atoms with E-state index in [9.17, 15) is 4.79 Å². The summed E-state index contributed by atoms with van der Waals surface area (Å²) in [5.41, 5.74) is 4.53. The highest BCUT2D eigenvalue weighted by Crippen LogP contribution is 2.27. The zero-order chi connectivity index (χ0) is 17.1. The molecule has 1 aliphatic carbocycles. The fourth-order valence-corrected chi connectivity index (χ4v) is 3.75. The molecule has 0 aliphatic heterocycles. The Bertz CT molecular complexity index is 744. The topological polar surface area (TPSA) is 33.5 Å². The minimum absolute atomic E-state index is 0.0286. The van der Waals surface area contributed by atoms with E-state index in [-0.39, 0.29) is 5.91 Å². The highest BCUT2D eigenvalue weighted by molar-refractivity contribution is 6.31. The minimum Gasteiger partial charge on any atom is -0.323 e. The van der Waals surface area contributed by atoms with Gasteiger partial charge in [0.15, 0.2) is 6.54 Å². The zero-order valence-corrected chi connectivity index (χ0v) is 15.0. The van der Waals surface area contributed by atoms with Crippen LogP contribution in [-0.2, 0) is 11.2 Å². The van der Waals surface area contributed by atoms with E-state index in [1.165, 1.54) is 22.4 Å². The molecule has 0 bridgehead atoms. The predicted octanol–water partition coefficient (Wildman–Crippen LogP) is 3.18. The molecule has 0 fully saturated rings. The van der Waals surface area contributed by atoms with Gasteiger partial charge in [0.25, 0.3) is 5.91 Å². The quantitative estimate of drug-likeness (QED) is 0.878. The average Bonchev–Trinajstić information content (AvgIpc) is 2.58. The fourth-order valence-electron chi connectivity index (χ4n) is 3.58. The van der Waals surface area contributed by atoms with Crippen LogP contribution >= 0.6 is 11.6 Å². The number of anilines is 1. The third-order valence-corrected chi connectivity index (χ3v) is 5.35. The van der Waals surface area contributed by atoms with Crippen LogP contribution in [0.2, 0.25) is 5.02 Å². The van der Waals surface area contributed by atoms with Gasteiger partial charge in [0.2, 0.25) is 0 Å². The maximum absolute atomic E-state index is 12.5. The van der Waals surface area contributed by atoms with Crippen LogP contribution in [0.25, 0.3) is 0 Å². The highest BCUT2D eigenvalue weighted by atomic mass is 35.5. The second kappa shape index (κ2) is 7.37. The first kappa shape index (κ1) is 17.0. The highest BCUT2D eigenvalue weighted by Gasteiger charge is 2.28. The summed E-state index contributed by atoms with van der Waals surface area (Å²) in [5, 5.41) is 3.68. The largest absolute Gasteiger partial charge is 0.323 e. The van der Waals surface area contributed by atoms with Gasteiger partial charge in [-0.05, 0) is 43.0 Å². The number of hydrogen-bond donors (Lipinski definition) is 2. The Labute approximate surface area is 148 Å². The van der Waals surface area contributed by atoms with Crippen molar-refractivity contribution in [1.82, 2.24) is 0 Å². The molecule has 3 nitrogen and oxygen atoms in total. The van der Waals surface area contributed by atoms with E-state index < -0.39 is 0 Å². The molecule has 0 radical (unpaired) electrons. The van der Waals surface area contributed by atoms with Crippen LogP contribution in [0, 0.1) is 6.92 Å². The number of carbonyl (C=O) groups is 1. The van der Waals surface area contributed by atoms with E-state index in [0.717, 1.165) is 24.1 Å². The molecule has 2 atom stereocenters. The van der Waals surface area contributed by atoms with Crippen molar-refractivity contribution in [1.29, 1.82) is 0 Å². The molecule has 0 spiro atoms. The summed E-state index contributed by atoms with van der Waals surface area (Å²) in [7, 11) is 2.11. The van der Waals surface area contributed by atoms with Crippen molar-refractivity contribution < 1.29 is 9.69 Å². The van der Waals surface area contributed by atoms with Gasteiger partial charge in [0, 0.05) is 22.7 Å². The molecule has 0 saturated heterocycles. The predicted molar refractivity (Wildman–Crippen MR) is 98.7 cm³/mol. The number of benzene rings is 2. The number of quaternary nitrogens is 1. The molecular formula is C20H24ClN2O+. The van der Waals surface area contributed by atoms with Crippen LogP contribution in [0.4, 0.5) is 5.69 Å². The summed E-state index contributed by atoms with van der Waals surface area (Å²) in [4.78, 5) is 13.7. The van der Waals surface area contributed by atoms with Gasteiger partial charge in [0.05, 0.1) is 7.05 Å². The normalized spacial score (nSPS) is 17.9. The molecule has 2 N–H and O–H groups in total. The van der Waals surface area contributed by atoms with Crippen LogP contribution in [0.1, 0.15) is 35.6 Å². The van der Waals surface area contributed by atoms with Crippen LogP contribution in [0.5, 0.6) is 0 Å². The molecule has 4 heteroatoms. The number of rotatable bonds is 4. The van der Waals surface area contributed by atoms with E-state index in [0.29, 0.717) is 17.6 Å². The first-order valence-corrected chi connectivity index (χ1v) is 8.89. The lowest BCUT2D eigenvalue weighted by molar-refractivity contribution is -0.905. The van der Waals surface area contributed by atoms with Gasteiger partial charge < -0.3 is 10.2 Å². The number of fused-ring (bicyclic) bond motifs is 1. The molecule has 2 aromatic rings. The van der Waals surface area contributed by atoms with Gasteiger partial charge in [-0.15, -0.1) is 0 Å². The Morgan fingerprint density at radius 3 is 2.88 bits per heavy atom. The van der Waals surface area contributed by atoms with E-state index in [1.54, 1.807) is 0 Å². The van der Waals surface area contributed by atoms with E-state index >= 15 is 0 Å². The molecule has 2 aromatic carbocycles. The van der Waals surface area contributed by atoms with Gasteiger partial charge in [-0.3, -0.25) is 4.79 Å². The molecule has 24 heavy (non-hydrogen) atoms. The van der Waals surface area contributed by atoms with Crippen molar-refractivity contribution in [2.75, 3.05) is 18.9 Å². The van der Waals surface area contributed by atoms with Crippen LogP contribution in [0.15, 0.2) is 42.5 Å². The molecule has 3 rings (SSSR count). The summed E-state index contributed by atoms with van der Waals surface area (Å²) in [6, 6.07) is 14.6. The summed E-state index contributed by atoms with van der Waals surface area (Å²) >= 11 is 6.12. The maximum atomic E-state index is 12.5. The number of halogens is 1. The minimum atomic E-state index is 0.0286. The Balaban J connectivity index is 1.68. The lowest BCUT2D eigenvalue weighted by Gasteiger charge is -2.30. The zero-order valence-electron chi connectivity index (χ0n) is 14.2.